The second-order valence-electron chi connectivity index (χ2n) is 6.52. The number of nitrogens with zero attached hydrogens (tertiary/aromatic N) is 1. The minimum Gasteiger partial charge on any atom is -0.466 e. The molecule has 6 heteroatoms. The van der Waals surface area contributed by atoms with Gasteiger partial charge in [0.05, 0.1) is 19.8 Å². The lowest BCUT2D eigenvalue weighted by Gasteiger charge is -2.34. The summed E-state index contributed by atoms with van der Waals surface area (Å²) in [4.78, 5) is 25.4. The van der Waals surface area contributed by atoms with Crippen molar-refractivity contribution in [3.05, 3.63) is 11.6 Å². The highest BCUT2D eigenvalue weighted by Gasteiger charge is 2.45. The average molecular weight is 299 g/mol. The second-order valence-corrected chi connectivity index (χ2v) is 6.52. The molecule has 1 rings (SSSR count). The predicted octanol–water partition coefficient (Wildman–Crippen LogP) is 2.48. The molecule has 1 aliphatic rings. The van der Waals surface area contributed by atoms with E-state index in [0.29, 0.717) is 12.2 Å². The Kier molecular flexibility index (Phi) is 5.04. The van der Waals surface area contributed by atoms with Crippen LogP contribution in [0.4, 0.5) is 4.79 Å². The SMILES string of the molecule is COC(=O)/C(C)=C\C1COC(C)(C)N1C(=O)OC(C)(C)C. The predicted molar refractivity (Wildman–Crippen MR) is 77.7 cm³/mol. The molecule has 0 aromatic heterocycles. The van der Waals surface area contributed by atoms with Crippen LogP contribution in [0.1, 0.15) is 41.5 Å². The van der Waals surface area contributed by atoms with E-state index in [-0.39, 0.29) is 6.04 Å². The maximum Gasteiger partial charge on any atom is 0.413 e. The molecule has 1 atom stereocenters. The molecule has 1 unspecified atom stereocenters. The van der Waals surface area contributed by atoms with Crippen LogP contribution in [0.25, 0.3) is 0 Å². The lowest BCUT2D eigenvalue weighted by molar-refractivity contribution is -0.136. The van der Waals surface area contributed by atoms with Gasteiger partial charge in [-0.2, -0.15) is 0 Å². The summed E-state index contributed by atoms with van der Waals surface area (Å²) >= 11 is 0. The number of carbonyl (C=O) groups is 2. The molecule has 6 nitrogen and oxygen atoms in total. The van der Waals surface area contributed by atoms with Crippen LogP contribution in [0.2, 0.25) is 0 Å². The quantitative estimate of drug-likeness (QED) is 0.579. The molecule has 1 heterocycles. The van der Waals surface area contributed by atoms with Crippen molar-refractivity contribution in [2.75, 3.05) is 13.7 Å². The van der Waals surface area contributed by atoms with Gasteiger partial charge in [-0.3, -0.25) is 4.90 Å². The van der Waals surface area contributed by atoms with Crippen LogP contribution in [0.5, 0.6) is 0 Å². The van der Waals surface area contributed by atoms with E-state index in [2.05, 4.69) is 4.74 Å². The zero-order valence-corrected chi connectivity index (χ0v) is 13.9. The largest absolute Gasteiger partial charge is 0.466 e. The Hall–Kier alpha value is -1.56. The van der Waals surface area contributed by atoms with Crippen LogP contribution in [-0.4, -0.2) is 48.0 Å². The van der Waals surface area contributed by atoms with E-state index in [1.54, 1.807) is 47.6 Å². The van der Waals surface area contributed by atoms with E-state index in [4.69, 9.17) is 9.47 Å². The third-order valence-corrected chi connectivity index (χ3v) is 3.06. The van der Waals surface area contributed by atoms with Gasteiger partial charge in [-0.25, -0.2) is 9.59 Å². The van der Waals surface area contributed by atoms with Crippen LogP contribution >= 0.6 is 0 Å². The topological polar surface area (TPSA) is 65.1 Å². The summed E-state index contributed by atoms with van der Waals surface area (Å²) < 4.78 is 15.7. The molecule has 0 spiro atoms. The van der Waals surface area contributed by atoms with Crippen molar-refractivity contribution in [3.63, 3.8) is 0 Å². The fourth-order valence-electron chi connectivity index (χ4n) is 2.14. The Balaban J connectivity index is 3.00. The molecule has 0 N–H and O–H groups in total. The number of esters is 1. The molecule has 1 amide bonds. The van der Waals surface area contributed by atoms with Crippen molar-refractivity contribution in [2.24, 2.45) is 0 Å². The molecular weight excluding hydrogens is 274 g/mol. The van der Waals surface area contributed by atoms with Gasteiger partial charge >= 0.3 is 12.1 Å². The molecule has 1 aliphatic heterocycles. The third-order valence-electron chi connectivity index (χ3n) is 3.06. The lowest BCUT2D eigenvalue weighted by atomic mass is 10.1. The van der Waals surface area contributed by atoms with Gasteiger partial charge in [0.15, 0.2) is 0 Å². The van der Waals surface area contributed by atoms with Crippen molar-refractivity contribution < 1.29 is 23.8 Å². The molecular formula is C15H25NO5. The number of rotatable bonds is 2. The fraction of sp³-hybridized carbons (Fsp3) is 0.733. The number of carbonyl (C=O) groups excluding carboxylic acids is 2. The lowest BCUT2D eigenvalue weighted by Crippen LogP contribution is -2.49. The van der Waals surface area contributed by atoms with Crippen molar-refractivity contribution in [3.8, 4) is 0 Å². The molecule has 0 aromatic carbocycles. The van der Waals surface area contributed by atoms with Gasteiger partial charge < -0.3 is 14.2 Å². The molecule has 0 aliphatic carbocycles. The van der Waals surface area contributed by atoms with Crippen LogP contribution in [0.15, 0.2) is 11.6 Å². The van der Waals surface area contributed by atoms with E-state index < -0.39 is 23.4 Å². The summed E-state index contributed by atoms with van der Waals surface area (Å²) in [6.07, 6.45) is 1.20. The van der Waals surface area contributed by atoms with Crippen molar-refractivity contribution in [2.45, 2.75) is 58.9 Å². The summed E-state index contributed by atoms with van der Waals surface area (Å²) in [5, 5.41) is 0. The van der Waals surface area contributed by atoms with Gasteiger partial charge in [-0.15, -0.1) is 0 Å². The standard InChI is InChI=1S/C15H25NO5/c1-10(12(17)19-7)8-11-9-20-15(5,6)16(11)13(18)21-14(2,3)4/h8,11H,9H2,1-7H3/b10-8-. The number of hydrogen-bond acceptors (Lipinski definition) is 5. The minimum absolute atomic E-state index is 0.306. The molecule has 1 fully saturated rings. The number of amides is 1. The zero-order chi connectivity index (χ0) is 16.4. The smallest absolute Gasteiger partial charge is 0.413 e. The molecule has 1 saturated heterocycles. The van der Waals surface area contributed by atoms with E-state index in [0.717, 1.165) is 0 Å². The average Bonchev–Trinajstić information content (AvgIpc) is 2.61. The number of ether oxygens (including phenoxy) is 3. The maximum atomic E-state index is 12.4. The van der Waals surface area contributed by atoms with Gasteiger partial charge in [0, 0.05) is 5.57 Å². The Labute approximate surface area is 126 Å². The van der Waals surface area contributed by atoms with E-state index >= 15 is 0 Å². The first-order valence-electron chi connectivity index (χ1n) is 6.91. The van der Waals surface area contributed by atoms with Crippen LogP contribution < -0.4 is 0 Å². The molecule has 21 heavy (non-hydrogen) atoms. The summed E-state index contributed by atoms with van der Waals surface area (Å²) in [6, 6.07) is -0.367. The highest BCUT2D eigenvalue weighted by Crippen LogP contribution is 2.30. The minimum atomic E-state index is -0.792. The highest BCUT2D eigenvalue weighted by molar-refractivity contribution is 5.87. The van der Waals surface area contributed by atoms with Crippen LogP contribution in [-0.2, 0) is 19.0 Å². The Morgan fingerprint density at radius 1 is 1.33 bits per heavy atom. The molecule has 0 aromatic rings. The first kappa shape index (κ1) is 17.5. The van der Waals surface area contributed by atoms with Crippen molar-refractivity contribution >= 4 is 12.1 Å². The van der Waals surface area contributed by atoms with Crippen molar-refractivity contribution in [1.82, 2.24) is 4.90 Å². The monoisotopic (exact) mass is 299 g/mol. The van der Waals surface area contributed by atoms with Crippen LogP contribution in [0, 0.1) is 0 Å². The second kappa shape index (κ2) is 6.05. The fourth-order valence-corrected chi connectivity index (χ4v) is 2.14. The highest BCUT2D eigenvalue weighted by atomic mass is 16.6. The third kappa shape index (κ3) is 4.46. The van der Waals surface area contributed by atoms with Crippen molar-refractivity contribution in [1.29, 1.82) is 0 Å². The van der Waals surface area contributed by atoms with Crippen LogP contribution in [0.3, 0.4) is 0 Å². The Morgan fingerprint density at radius 2 is 1.90 bits per heavy atom. The van der Waals surface area contributed by atoms with Gasteiger partial charge in [0.2, 0.25) is 0 Å². The summed E-state index contributed by atoms with van der Waals surface area (Å²) in [6.45, 7) is 10.9. The molecule has 0 radical (unpaired) electrons. The molecule has 0 bridgehead atoms. The normalized spacial score (nSPS) is 22.1. The summed E-state index contributed by atoms with van der Waals surface area (Å²) in [7, 11) is 1.32. The molecule has 0 saturated carbocycles. The van der Waals surface area contributed by atoms with E-state index in [1.165, 1.54) is 12.0 Å². The number of hydrogen-bond donors (Lipinski definition) is 0. The van der Waals surface area contributed by atoms with E-state index in [9.17, 15) is 9.59 Å². The number of methoxy groups -OCH3 is 1. The van der Waals surface area contributed by atoms with E-state index in [1.807, 2.05) is 0 Å². The maximum absolute atomic E-state index is 12.4. The van der Waals surface area contributed by atoms with Gasteiger partial charge in [-0.05, 0) is 47.6 Å². The Morgan fingerprint density at radius 3 is 2.38 bits per heavy atom. The summed E-state index contributed by atoms with van der Waals surface area (Å²) in [5.74, 6) is -0.427. The van der Waals surface area contributed by atoms with Gasteiger partial charge in [-0.1, -0.05) is 0 Å². The molecule has 120 valence electrons. The zero-order valence-electron chi connectivity index (χ0n) is 13.9. The first-order chi connectivity index (χ1) is 9.48. The van der Waals surface area contributed by atoms with Gasteiger partial charge in [0.25, 0.3) is 0 Å². The van der Waals surface area contributed by atoms with Gasteiger partial charge in [0.1, 0.15) is 11.3 Å². The summed E-state index contributed by atoms with van der Waals surface area (Å²) in [5.41, 5.74) is -0.959. The Bertz CT molecular complexity index is 447. The first-order valence-corrected chi connectivity index (χ1v) is 6.91.